The highest BCUT2D eigenvalue weighted by Gasteiger charge is 2.41. The molecular weight excluding hydrogens is 530 g/mol. The van der Waals surface area contributed by atoms with Crippen LogP contribution >= 0.6 is 11.8 Å². The number of amides is 1. The van der Waals surface area contributed by atoms with Crippen LogP contribution in [0, 0.1) is 0 Å². The van der Waals surface area contributed by atoms with Gasteiger partial charge in [-0.3, -0.25) is 9.69 Å². The van der Waals surface area contributed by atoms with Crippen molar-refractivity contribution in [1.29, 1.82) is 0 Å². The molecule has 0 aliphatic carbocycles. The molecule has 2 unspecified atom stereocenters. The number of rotatable bonds is 10. The number of nitrogens with one attached hydrogen (secondary N) is 1. The molecule has 7 nitrogen and oxygen atoms in total. The van der Waals surface area contributed by atoms with Crippen molar-refractivity contribution in [2.45, 2.75) is 41.6 Å². The maximum Gasteiger partial charge on any atom is 0.249 e. The molecule has 3 aromatic rings. The van der Waals surface area contributed by atoms with Gasteiger partial charge in [0, 0.05) is 24.9 Å². The van der Waals surface area contributed by atoms with E-state index in [1.165, 1.54) is 16.1 Å². The highest BCUT2D eigenvalue weighted by atomic mass is 32.2. The molecule has 2 aliphatic rings. The number of nitrogens with zero attached hydrogens (tertiary/aromatic N) is 2. The third kappa shape index (κ3) is 6.39. The van der Waals surface area contributed by atoms with Gasteiger partial charge >= 0.3 is 0 Å². The fourth-order valence-corrected chi connectivity index (χ4v) is 8.52. The number of carbonyl (C=O) groups excluding carboxylic acids is 1. The first kappa shape index (κ1) is 27.9. The Kier molecular flexibility index (Phi) is 9.04. The number of carbonyl (C=O) groups is 1. The molecule has 5 rings (SSSR count). The van der Waals surface area contributed by atoms with E-state index in [2.05, 4.69) is 10.2 Å². The van der Waals surface area contributed by atoms with E-state index in [1.54, 1.807) is 12.1 Å². The number of aliphatic hydroxyl groups excluding tert-OH is 1. The van der Waals surface area contributed by atoms with Gasteiger partial charge in [-0.15, -0.1) is 11.8 Å². The Morgan fingerprint density at radius 1 is 0.949 bits per heavy atom. The zero-order valence-corrected chi connectivity index (χ0v) is 23.5. The number of benzene rings is 3. The summed E-state index contributed by atoms with van der Waals surface area (Å²) in [5.74, 6) is 0.262. The van der Waals surface area contributed by atoms with Crippen LogP contribution in [0.3, 0.4) is 0 Å². The fourth-order valence-electron chi connectivity index (χ4n) is 5.43. The van der Waals surface area contributed by atoms with Gasteiger partial charge in [0.2, 0.25) is 15.9 Å². The molecule has 1 amide bonds. The van der Waals surface area contributed by atoms with E-state index in [9.17, 15) is 18.3 Å². The van der Waals surface area contributed by atoms with Crippen molar-refractivity contribution >= 4 is 27.7 Å². The van der Waals surface area contributed by atoms with Crippen LogP contribution in [0.15, 0.2) is 89.8 Å². The second kappa shape index (κ2) is 12.7. The standard InChI is InChI=1S/C30H35N3O4S2/c34-22-26-12-7-18-32(26)19-17-28(25-10-5-2-6-11-25)31-29(35)30-33(20-21-38-30)39(36,37)27-15-13-24(14-16-27)23-8-3-1-4-9-23/h1-6,8-11,13-16,26,28,30,34H,7,12,17-22H2,(H,31,35)/t26-,28?,30?/m1/s1. The Bertz CT molecular complexity index is 1340. The topological polar surface area (TPSA) is 90.0 Å². The molecule has 2 saturated heterocycles. The number of hydrogen-bond acceptors (Lipinski definition) is 6. The van der Waals surface area contributed by atoms with Gasteiger partial charge in [0.25, 0.3) is 0 Å². The first-order valence-corrected chi connectivity index (χ1v) is 16.0. The van der Waals surface area contributed by atoms with Crippen molar-refractivity contribution in [3.63, 3.8) is 0 Å². The predicted octanol–water partition coefficient (Wildman–Crippen LogP) is 4.12. The van der Waals surface area contributed by atoms with Crippen LogP contribution in [-0.2, 0) is 14.8 Å². The van der Waals surface area contributed by atoms with E-state index < -0.39 is 15.4 Å². The minimum absolute atomic E-state index is 0.139. The first-order chi connectivity index (χ1) is 19.0. The summed E-state index contributed by atoms with van der Waals surface area (Å²) in [6.07, 6.45) is 2.72. The summed E-state index contributed by atoms with van der Waals surface area (Å²) in [6, 6.07) is 26.4. The third-order valence-electron chi connectivity index (χ3n) is 7.57. The molecule has 3 atom stereocenters. The van der Waals surface area contributed by atoms with Crippen molar-refractivity contribution in [2.24, 2.45) is 0 Å². The van der Waals surface area contributed by atoms with Gasteiger partial charge in [0.15, 0.2) is 0 Å². The minimum atomic E-state index is -3.85. The number of hydrogen-bond donors (Lipinski definition) is 2. The molecule has 39 heavy (non-hydrogen) atoms. The molecule has 3 aromatic carbocycles. The summed E-state index contributed by atoms with van der Waals surface area (Å²) in [5.41, 5.74) is 2.94. The van der Waals surface area contributed by atoms with Crippen LogP contribution in [0.1, 0.15) is 30.9 Å². The predicted molar refractivity (Wildman–Crippen MR) is 156 cm³/mol. The molecule has 9 heteroatoms. The molecule has 0 bridgehead atoms. The number of sulfonamides is 1. The fraction of sp³-hybridized carbons (Fsp3) is 0.367. The smallest absolute Gasteiger partial charge is 0.249 e. The minimum Gasteiger partial charge on any atom is -0.395 e. The van der Waals surface area contributed by atoms with Crippen LogP contribution in [0.4, 0.5) is 0 Å². The van der Waals surface area contributed by atoms with Gasteiger partial charge in [0.05, 0.1) is 17.5 Å². The summed E-state index contributed by atoms with van der Waals surface area (Å²) < 4.78 is 28.6. The Morgan fingerprint density at radius 2 is 1.62 bits per heavy atom. The number of likely N-dealkylation sites (tertiary alicyclic amines) is 1. The van der Waals surface area contributed by atoms with Crippen LogP contribution < -0.4 is 5.32 Å². The lowest BCUT2D eigenvalue weighted by molar-refractivity contribution is -0.123. The van der Waals surface area contributed by atoms with E-state index in [1.807, 2.05) is 72.8 Å². The van der Waals surface area contributed by atoms with Gasteiger partial charge in [0.1, 0.15) is 5.37 Å². The Balaban J connectivity index is 1.30. The van der Waals surface area contributed by atoms with Gasteiger partial charge < -0.3 is 10.4 Å². The van der Waals surface area contributed by atoms with Crippen molar-refractivity contribution < 1.29 is 18.3 Å². The van der Waals surface area contributed by atoms with Gasteiger partial charge in [-0.25, -0.2) is 8.42 Å². The monoisotopic (exact) mass is 565 g/mol. The SMILES string of the molecule is O=C(NC(CCN1CCC[C@@H]1CO)c1ccccc1)C1SCCN1S(=O)(=O)c1ccc(-c2ccccc2)cc1. The lowest BCUT2D eigenvalue weighted by atomic mass is 10.0. The Labute approximate surface area is 235 Å². The van der Waals surface area contributed by atoms with Gasteiger partial charge in [-0.1, -0.05) is 72.8 Å². The van der Waals surface area contributed by atoms with E-state index in [0.29, 0.717) is 12.2 Å². The average Bonchev–Trinajstić information content (AvgIpc) is 3.66. The third-order valence-corrected chi connectivity index (χ3v) is 10.8. The Hall–Kier alpha value is -2.69. The second-order valence-electron chi connectivity index (χ2n) is 10.0. The molecule has 0 radical (unpaired) electrons. The molecule has 2 heterocycles. The molecule has 2 N–H and O–H groups in total. The van der Waals surface area contributed by atoms with Crippen molar-refractivity contribution in [3.05, 3.63) is 90.5 Å². The average molecular weight is 566 g/mol. The van der Waals surface area contributed by atoms with Gasteiger partial charge in [-0.05, 0) is 54.6 Å². The highest BCUT2D eigenvalue weighted by molar-refractivity contribution is 8.02. The van der Waals surface area contributed by atoms with Crippen molar-refractivity contribution in [3.8, 4) is 11.1 Å². The van der Waals surface area contributed by atoms with E-state index in [-0.39, 0.29) is 36.0 Å². The normalized spacial score (nSPS) is 21.2. The summed E-state index contributed by atoms with van der Waals surface area (Å²) in [4.78, 5) is 16.0. The van der Waals surface area contributed by atoms with Crippen LogP contribution in [0.25, 0.3) is 11.1 Å². The molecule has 2 fully saturated rings. The summed E-state index contributed by atoms with van der Waals surface area (Å²) in [6.45, 7) is 2.11. The molecule has 206 valence electrons. The zero-order chi connectivity index (χ0) is 27.2. The van der Waals surface area contributed by atoms with E-state index >= 15 is 0 Å². The largest absolute Gasteiger partial charge is 0.395 e. The lowest BCUT2D eigenvalue weighted by Crippen LogP contribution is -2.46. The summed E-state index contributed by atoms with van der Waals surface area (Å²) in [5, 5.41) is 12.0. The maximum atomic E-state index is 13.6. The molecule has 0 aromatic heterocycles. The van der Waals surface area contributed by atoms with E-state index in [0.717, 1.165) is 42.6 Å². The van der Waals surface area contributed by atoms with E-state index in [4.69, 9.17) is 0 Å². The molecular formula is C30H35N3O4S2. The maximum absolute atomic E-state index is 13.6. The highest BCUT2D eigenvalue weighted by Crippen LogP contribution is 2.32. The Morgan fingerprint density at radius 3 is 2.31 bits per heavy atom. The number of thioether (sulfide) groups is 1. The molecule has 2 aliphatic heterocycles. The summed E-state index contributed by atoms with van der Waals surface area (Å²) >= 11 is 1.36. The van der Waals surface area contributed by atoms with Gasteiger partial charge in [-0.2, -0.15) is 4.31 Å². The number of aliphatic hydroxyl groups is 1. The quantitative estimate of drug-likeness (QED) is 0.385. The summed E-state index contributed by atoms with van der Waals surface area (Å²) in [7, 11) is -3.85. The lowest BCUT2D eigenvalue weighted by Gasteiger charge is -2.28. The molecule has 0 saturated carbocycles. The first-order valence-electron chi connectivity index (χ1n) is 13.5. The molecule has 0 spiro atoms. The van der Waals surface area contributed by atoms with Crippen molar-refractivity contribution in [2.75, 3.05) is 32.0 Å². The van der Waals surface area contributed by atoms with Crippen molar-refractivity contribution in [1.82, 2.24) is 14.5 Å². The van der Waals surface area contributed by atoms with Crippen LogP contribution in [-0.4, -0.2) is 72.0 Å². The van der Waals surface area contributed by atoms with Crippen LogP contribution in [0.2, 0.25) is 0 Å². The van der Waals surface area contributed by atoms with Crippen LogP contribution in [0.5, 0.6) is 0 Å². The second-order valence-corrected chi connectivity index (χ2v) is 13.1. The zero-order valence-electron chi connectivity index (χ0n) is 21.9.